The highest BCUT2D eigenvalue weighted by Crippen LogP contribution is 2.49. The minimum atomic E-state index is 0.215. The first-order valence-corrected chi connectivity index (χ1v) is 13.5. The van der Waals surface area contributed by atoms with E-state index in [1.807, 2.05) is 0 Å². The first kappa shape index (κ1) is 21.9. The maximum atomic E-state index is 2.65. The molecule has 7 rings (SSSR count). The van der Waals surface area contributed by atoms with E-state index in [0.29, 0.717) is 0 Å². The molecule has 36 heavy (non-hydrogen) atoms. The molecule has 0 amide bonds. The molecule has 180 valence electrons. The Bertz CT molecular complexity index is 1590. The molecule has 0 saturated heterocycles. The molecule has 0 radical (unpaired) electrons. The van der Waals surface area contributed by atoms with E-state index in [-0.39, 0.29) is 10.8 Å². The monoisotopic (exact) mass is 469 g/mol. The molecule has 1 heteroatoms. The van der Waals surface area contributed by atoms with Crippen LogP contribution in [0.3, 0.4) is 0 Å². The molecule has 2 aliphatic rings. The van der Waals surface area contributed by atoms with E-state index < -0.39 is 0 Å². The topological polar surface area (TPSA) is 3.24 Å². The second-order valence-electron chi connectivity index (χ2n) is 12.6. The van der Waals surface area contributed by atoms with Crippen molar-refractivity contribution in [2.24, 2.45) is 0 Å². The van der Waals surface area contributed by atoms with Crippen molar-refractivity contribution >= 4 is 50.2 Å². The van der Waals surface area contributed by atoms with Crippen LogP contribution >= 0.6 is 0 Å². The van der Waals surface area contributed by atoms with Crippen molar-refractivity contribution in [3.05, 3.63) is 88.5 Å². The summed E-state index contributed by atoms with van der Waals surface area (Å²) < 4.78 is 0. The summed E-state index contributed by atoms with van der Waals surface area (Å²) in [6.45, 7) is 14.3. The normalized spacial score (nSPS) is 18.5. The highest BCUT2D eigenvalue weighted by Gasteiger charge is 2.39. The van der Waals surface area contributed by atoms with Gasteiger partial charge in [0.2, 0.25) is 0 Å². The average Bonchev–Trinajstić information content (AvgIpc) is 2.84. The Morgan fingerprint density at radius 3 is 1.50 bits per heavy atom. The zero-order valence-corrected chi connectivity index (χ0v) is 22.2. The third kappa shape index (κ3) is 3.22. The minimum absolute atomic E-state index is 0.215. The summed E-state index contributed by atoms with van der Waals surface area (Å²) in [5, 5.41) is 8.13. The third-order valence-electron chi connectivity index (χ3n) is 9.09. The Morgan fingerprint density at radius 2 is 1.03 bits per heavy atom. The van der Waals surface area contributed by atoms with Crippen LogP contribution in [0.2, 0.25) is 0 Å². The first-order chi connectivity index (χ1) is 17.2. The first-order valence-electron chi connectivity index (χ1n) is 13.5. The number of anilines is 1. The SMILES string of the molecule is Cc1cc2ccc3cc(C=Cc4cc5c6c(c4)C(C)(C)CCN6CCC5(C)C)cc4ccc(c1)c2c34. The number of aryl methyl sites for hydroxylation is 1. The Kier molecular flexibility index (Phi) is 4.48. The van der Waals surface area contributed by atoms with Crippen LogP contribution in [-0.4, -0.2) is 13.1 Å². The molecule has 0 N–H and O–H groups in total. The summed E-state index contributed by atoms with van der Waals surface area (Å²) >= 11 is 0. The lowest BCUT2D eigenvalue weighted by Gasteiger charge is -2.48. The molecule has 2 heterocycles. The van der Waals surface area contributed by atoms with Crippen molar-refractivity contribution in [3.63, 3.8) is 0 Å². The van der Waals surface area contributed by atoms with Gasteiger partial charge in [0, 0.05) is 18.8 Å². The van der Waals surface area contributed by atoms with Crippen LogP contribution in [0.5, 0.6) is 0 Å². The van der Waals surface area contributed by atoms with E-state index >= 15 is 0 Å². The molecule has 0 unspecified atom stereocenters. The summed E-state index contributed by atoms with van der Waals surface area (Å²) in [4.78, 5) is 2.65. The summed E-state index contributed by atoms with van der Waals surface area (Å²) in [7, 11) is 0. The lowest BCUT2D eigenvalue weighted by atomic mass is 9.69. The van der Waals surface area contributed by atoms with Gasteiger partial charge in [-0.05, 0) is 115 Å². The van der Waals surface area contributed by atoms with E-state index in [2.05, 4.69) is 112 Å². The second kappa shape index (κ2) is 7.35. The predicted molar refractivity (Wildman–Crippen MR) is 158 cm³/mol. The van der Waals surface area contributed by atoms with Crippen molar-refractivity contribution in [1.29, 1.82) is 0 Å². The standard InChI is InChI=1S/C35H35N/c1-22-16-25-8-10-27-18-23(19-28-11-9-26(17-22)31(25)32(27)28)6-7-24-20-29-33-30(21-24)35(4,5)13-15-36(33)14-12-34(29,2)3/h6-11,16-21H,12-15H2,1-5H3. The lowest BCUT2D eigenvalue weighted by Crippen LogP contribution is -2.44. The van der Waals surface area contributed by atoms with Gasteiger partial charge in [-0.15, -0.1) is 0 Å². The van der Waals surface area contributed by atoms with Crippen molar-refractivity contribution in [2.45, 2.75) is 58.3 Å². The van der Waals surface area contributed by atoms with E-state index in [0.717, 1.165) is 0 Å². The van der Waals surface area contributed by atoms with Crippen molar-refractivity contribution in [1.82, 2.24) is 0 Å². The van der Waals surface area contributed by atoms with Gasteiger partial charge in [0.15, 0.2) is 0 Å². The number of benzene rings is 5. The Balaban J connectivity index is 1.36. The lowest BCUT2D eigenvalue weighted by molar-refractivity contribution is 0.401. The highest BCUT2D eigenvalue weighted by molar-refractivity contribution is 6.23. The van der Waals surface area contributed by atoms with Crippen LogP contribution in [0.25, 0.3) is 44.5 Å². The molecule has 0 saturated carbocycles. The van der Waals surface area contributed by atoms with Crippen LogP contribution in [0.15, 0.2) is 60.7 Å². The average molecular weight is 470 g/mol. The number of hydrogen-bond donors (Lipinski definition) is 0. The van der Waals surface area contributed by atoms with Crippen molar-refractivity contribution in [3.8, 4) is 0 Å². The highest BCUT2D eigenvalue weighted by atomic mass is 15.2. The maximum Gasteiger partial charge on any atom is 0.0442 e. The van der Waals surface area contributed by atoms with Gasteiger partial charge in [-0.1, -0.05) is 76.2 Å². The maximum absolute atomic E-state index is 2.65. The van der Waals surface area contributed by atoms with Gasteiger partial charge in [0.1, 0.15) is 0 Å². The number of rotatable bonds is 2. The van der Waals surface area contributed by atoms with Crippen LogP contribution in [0.1, 0.15) is 68.4 Å². The molecule has 0 bridgehead atoms. The fraction of sp³-hybridized carbons (Fsp3) is 0.314. The van der Waals surface area contributed by atoms with Gasteiger partial charge in [-0.3, -0.25) is 0 Å². The van der Waals surface area contributed by atoms with Gasteiger partial charge in [-0.25, -0.2) is 0 Å². The summed E-state index contributed by atoms with van der Waals surface area (Å²) in [6, 6.07) is 23.4. The summed E-state index contributed by atoms with van der Waals surface area (Å²) in [5.41, 5.74) is 8.94. The van der Waals surface area contributed by atoms with Gasteiger partial charge in [0.25, 0.3) is 0 Å². The van der Waals surface area contributed by atoms with Crippen LogP contribution in [0, 0.1) is 6.92 Å². The molecule has 0 aliphatic carbocycles. The molecule has 5 aromatic rings. The Labute approximate surface area is 214 Å². The zero-order chi connectivity index (χ0) is 24.8. The summed E-state index contributed by atoms with van der Waals surface area (Å²) in [5.74, 6) is 0. The molecular weight excluding hydrogens is 434 g/mol. The van der Waals surface area contributed by atoms with Gasteiger partial charge in [0.05, 0.1) is 0 Å². The summed E-state index contributed by atoms with van der Waals surface area (Å²) in [6.07, 6.45) is 7.11. The molecule has 0 aromatic heterocycles. The van der Waals surface area contributed by atoms with E-state index in [1.54, 1.807) is 0 Å². The van der Waals surface area contributed by atoms with Gasteiger partial charge < -0.3 is 4.90 Å². The van der Waals surface area contributed by atoms with Crippen molar-refractivity contribution < 1.29 is 0 Å². The molecule has 2 aliphatic heterocycles. The fourth-order valence-electron chi connectivity index (χ4n) is 6.87. The quantitative estimate of drug-likeness (QED) is 0.184. The molecule has 0 atom stereocenters. The molecule has 0 fully saturated rings. The molecular formula is C35H35N. The number of nitrogens with zero attached hydrogens (tertiary/aromatic N) is 1. The molecule has 1 nitrogen and oxygen atoms in total. The Morgan fingerprint density at radius 1 is 0.611 bits per heavy atom. The van der Waals surface area contributed by atoms with Crippen LogP contribution in [0.4, 0.5) is 5.69 Å². The fourth-order valence-corrected chi connectivity index (χ4v) is 6.87. The van der Waals surface area contributed by atoms with Crippen LogP contribution in [-0.2, 0) is 10.8 Å². The third-order valence-corrected chi connectivity index (χ3v) is 9.09. The predicted octanol–water partition coefficient (Wildman–Crippen LogP) is 9.23. The van der Waals surface area contributed by atoms with Crippen LogP contribution < -0.4 is 4.90 Å². The van der Waals surface area contributed by atoms with E-state index in [9.17, 15) is 0 Å². The van der Waals surface area contributed by atoms with Gasteiger partial charge in [-0.2, -0.15) is 0 Å². The van der Waals surface area contributed by atoms with Gasteiger partial charge >= 0.3 is 0 Å². The second-order valence-corrected chi connectivity index (χ2v) is 12.6. The minimum Gasteiger partial charge on any atom is -0.371 e. The van der Waals surface area contributed by atoms with Crippen molar-refractivity contribution in [2.75, 3.05) is 18.0 Å². The molecule has 5 aromatic carbocycles. The van der Waals surface area contributed by atoms with E-state index in [1.165, 1.54) is 91.8 Å². The Hall–Kier alpha value is -3.32. The largest absolute Gasteiger partial charge is 0.371 e. The number of hydrogen-bond acceptors (Lipinski definition) is 1. The molecule has 0 spiro atoms. The smallest absolute Gasteiger partial charge is 0.0442 e. The zero-order valence-electron chi connectivity index (χ0n) is 22.2. The van der Waals surface area contributed by atoms with E-state index in [4.69, 9.17) is 0 Å².